The molecule has 0 spiro atoms. The van der Waals surface area contributed by atoms with E-state index >= 15 is 0 Å². The van der Waals surface area contributed by atoms with Crippen LogP contribution in [0.15, 0.2) is 48.8 Å². The average Bonchev–Trinajstić information content (AvgIpc) is 2.73. The fourth-order valence-electron chi connectivity index (χ4n) is 2.15. The number of aromatic nitrogens is 2. The summed E-state index contributed by atoms with van der Waals surface area (Å²) in [4.78, 5) is 9.88. The lowest BCUT2D eigenvalue weighted by atomic mass is 10.1. The van der Waals surface area contributed by atoms with Crippen molar-refractivity contribution in [3.63, 3.8) is 0 Å². The summed E-state index contributed by atoms with van der Waals surface area (Å²) < 4.78 is 1.29. The van der Waals surface area contributed by atoms with Gasteiger partial charge in [0.25, 0.3) is 0 Å². The van der Waals surface area contributed by atoms with E-state index in [2.05, 4.69) is 40.3 Å². The van der Waals surface area contributed by atoms with E-state index in [9.17, 15) is 0 Å². The minimum absolute atomic E-state index is 0.964. The number of hydrogen-bond acceptors (Lipinski definition) is 3. The fourth-order valence-corrected chi connectivity index (χ4v) is 3.22. The molecular formula is C14H8N2S. The van der Waals surface area contributed by atoms with E-state index in [4.69, 9.17) is 0 Å². The smallest absolute Gasteiger partial charge is 0.125 e. The summed E-state index contributed by atoms with van der Waals surface area (Å²) in [6, 6.07) is 12.7. The molecule has 17 heavy (non-hydrogen) atoms. The Hall–Kier alpha value is -2.00. The van der Waals surface area contributed by atoms with E-state index in [1.165, 1.54) is 15.5 Å². The third kappa shape index (κ3) is 1.26. The largest absolute Gasteiger partial charge is 0.262 e. The molecule has 0 aliphatic heterocycles. The van der Waals surface area contributed by atoms with Gasteiger partial charge in [0.1, 0.15) is 4.83 Å². The van der Waals surface area contributed by atoms with Crippen LogP contribution in [-0.4, -0.2) is 9.97 Å². The van der Waals surface area contributed by atoms with Crippen molar-refractivity contribution in [1.29, 1.82) is 0 Å². The zero-order valence-electron chi connectivity index (χ0n) is 8.92. The van der Waals surface area contributed by atoms with Crippen molar-refractivity contribution in [3.8, 4) is 0 Å². The van der Waals surface area contributed by atoms with E-state index in [1.807, 2.05) is 18.5 Å². The van der Waals surface area contributed by atoms with Gasteiger partial charge in [0.2, 0.25) is 0 Å². The SMILES string of the molecule is c1ccc2c(c1)sc1nc3cnccc3cc12. The van der Waals surface area contributed by atoms with Crippen molar-refractivity contribution < 1.29 is 0 Å². The number of nitrogens with zero attached hydrogens (tertiary/aromatic N) is 2. The molecule has 0 aliphatic carbocycles. The summed E-state index contributed by atoms with van der Waals surface area (Å²) in [5, 5.41) is 3.68. The molecule has 3 aromatic heterocycles. The normalized spacial score (nSPS) is 11.5. The molecule has 4 rings (SSSR count). The molecule has 80 valence electrons. The molecule has 0 unspecified atom stereocenters. The molecule has 4 aromatic rings. The summed E-state index contributed by atoms with van der Waals surface area (Å²) in [6.07, 6.45) is 3.63. The molecule has 1 aromatic carbocycles. The van der Waals surface area contributed by atoms with Crippen LogP contribution in [-0.2, 0) is 0 Å². The monoisotopic (exact) mass is 236 g/mol. The Labute approximate surface area is 102 Å². The van der Waals surface area contributed by atoms with Crippen molar-refractivity contribution in [1.82, 2.24) is 9.97 Å². The second kappa shape index (κ2) is 3.25. The van der Waals surface area contributed by atoms with Gasteiger partial charge in [-0.15, -0.1) is 11.3 Å². The lowest BCUT2D eigenvalue weighted by Gasteiger charge is -1.96. The van der Waals surface area contributed by atoms with Crippen molar-refractivity contribution in [2.75, 3.05) is 0 Å². The van der Waals surface area contributed by atoms with Crippen LogP contribution in [0.5, 0.6) is 0 Å². The summed E-state index contributed by atoms with van der Waals surface area (Å²) in [5.41, 5.74) is 0.964. The third-order valence-corrected chi connectivity index (χ3v) is 4.05. The Morgan fingerprint density at radius 2 is 1.94 bits per heavy atom. The topological polar surface area (TPSA) is 25.8 Å². The lowest BCUT2D eigenvalue weighted by Crippen LogP contribution is -1.79. The zero-order chi connectivity index (χ0) is 11.2. The number of rotatable bonds is 0. The minimum Gasteiger partial charge on any atom is -0.262 e. The summed E-state index contributed by atoms with van der Waals surface area (Å²) >= 11 is 1.74. The second-order valence-corrected chi connectivity index (χ2v) is 5.04. The Morgan fingerprint density at radius 3 is 2.94 bits per heavy atom. The van der Waals surface area contributed by atoms with E-state index in [1.54, 1.807) is 11.3 Å². The number of fused-ring (bicyclic) bond motifs is 4. The average molecular weight is 236 g/mol. The van der Waals surface area contributed by atoms with Crippen molar-refractivity contribution >= 4 is 42.5 Å². The fraction of sp³-hybridized carbons (Fsp3) is 0. The molecule has 3 heteroatoms. The molecule has 0 saturated heterocycles. The van der Waals surface area contributed by atoms with Gasteiger partial charge < -0.3 is 0 Å². The number of hydrogen-bond donors (Lipinski definition) is 0. The highest BCUT2D eigenvalue weighted by atomic mass is 32.1. The van der Waals surface area contributed by atoms with Gasteiger partial charge in [-0.05, 0) is 18.2 Å². The highest BCUT2D eigenvalue weighted by Gasteiger charge is 2.06. The summed E-state index contributed by atoms with van der Waals surface area (Å²) in [5.74, 6) is 0. The van der Waals surface area contributed by atoms with Crippen LogP contribution in [0.1, 0.15) is 0 Å². The summed E-state index contributed by atoms with van der Waals surface area (Å²) in [6.45, 7) is 0. The standard InChI is InChI=1S/C14H8N2S/c1-2-4-13-10(3-1)11-7-9-5-6-15-8-12(9)16-14(11)17-13/h1-8H. The molecule has 0 bridgehead atoms. The first-order valence-electron chi connectivity index (χ1n) is 5.44. The molecule has 3 heterocycles. The minimum atomic E-state index is 0.964. The van der Waals surface area contributed by atoms with Crippen LogP contribution >= 0.6 is 11.3 Å². The van der Waals surface area contributed by atoms with Gasteiger partial charge in [-0.3, -0.25) is 4.98 Å². The molecule has 2 nitrogen and oxygen atoms in total. The Morgan fingerprint density at radius 1 is 1.00 bits per heavy atom. The van der Waals surface area contributed by atoms with Gasteiger partial charge in [-0.2, -0.15) is 0 Å². The molecule has 0 N–H and O–H groups in total. The first kappa shape index (κ1) is 9.07. The van der Waals surface area contributed by atoms with E-state index in [0.717, 1.165) is 15.7 Å². The van der Waals surface area contributed by atoms with Gasteiger partial charge in [0.15, 0.2) is 0 Å². The lowest BCUT2D eigenvalue weighted by molar-refractivity contribution is 1.34. The first-order chi connectivity index (χ1) is 8.42. The van der Waals surface area contributed by atoms with Crippen LogP contribution in [0, 0.1) is 0 Å². The molecule has 0 amide bonds. The Kier molecular flexibility index (Phi) is 1.73. The van der Waals surface area contributed by atoms with E-state index < -0.39 is 0 Å². The predicted molar refractivity (Wildman–Crippen MR) is 72.4 cm³/mol. The number of benzene rings is 1. The number of thiophene rings is 1. The highest BCUT2D eigenvalue weighted by Crippen LogP contribution is 2.33. The maximum atomic E-state index is 4.67. The molecule has 0 atom stereocenters. The van der Waals surface area contributed by atoms with E-state index in [0.29, 0.717) is 0 Å². The quantitative estimate of drug-likeness (QED) is 0.461. The van der Waals surface area contributed by atoms with Crippen molar-refractivity contribution in [2.24, 2.45) is 0 Å². The van der Waals surface area contributed by atoms with Gasteiger partial charge in [-0.25, -0.2) is 4.98 Å². The molecular weight excluding hydrogens is 228 g/mol. The zero-order valence-corrected chi connectivity index (χ0v) is 9.74. The van der Waals surface area contributed by atoms with Crippen molar-refractivity contribution in [2.45, 2.75) is 0 Å². The van der Waals surface area contributed by atoms with Crippen molar-refractivity contribution in [3.05, 3.63) is 48.8 Å². The maximum Gasteiger partial charge on any atom is 0.125 e. The van der Waals surface area contributed by atoms with Gasteiger partial charge in [-0.1, -0.05) is 18.2 Å². The number of pyridine rings is 2. The van der Waals surface area contributed by atoms with Crippen LogP contribution in [0.3, 0.4) is 0 Å². The molecule has 0 radical (unpaired) electrons. The molecule has 0 fully saturated rings. The van der Waals surface area contributed by atoms with Crippen LogP contribution in [0.2, 0.25) is 0 Å². The maximum absolute atomic E-state index is 4.67. The van der Waals surface area contributed by atoms with E-state index in [-0.39, 0.29) is 0 Å². The Balaban J connectivity index is 2.28. The van der Waals surface area contributed by atoms with Crippen LogP contribution in [0.25, 0.3) is 31.2 Å². The van der Waals surface area contributed by atoms with Gasteiger partial charge >= 0.3 is 0 Å². The predicted octanol–water partition coefficient (Wildman–Crippen LogP) is 4.00. The van der Waals surface area contributed by atoms with Crippen LogP contribution in [0.4, 0.5) is 0 Å². The highest BCUT2D eigenvalue weighted by molar-refractivity contribution is 7.25. The summed E-state index contributed by atoms with van der Waals surface area (Å²) in [7, 11) is 0. The second-order valence-electron chi connectivity index (χ2n) is 4.01. The third-order valence-electron chi connectivity index (χ3n) is 2.97. The van der Waals surface area contributed by atoms with Gasteiger partial charge in [0, 0.05) is 27.1 Å². The van der Waals surface area contributed by atoms with Crippen LogP contribution < -0.4 is 0 Å². The Bertz CT molecular complexity index is 842. The molecule has 0 saturated carbocycles. The first-order valence-corrected chi connectivity index (χ1v) is 6.25. The molecule has 0 aliphatic rings. The van der Waals surface area contributed by atoms with Gasteiger partial charge in [0.05, 0.1) is 11.7 Å².